The second-order valence-corrected chi connectivity index (χ2v) is 5.37. The second-order valence-electron chi connectivity index (χ2n) is 5.37. The SMILES string of the molecule is CC1(CNC(=O)c2cc(F)ccc2F)CCNCC1.Cl. The lowest BCUT2D eigenvalue weighted by atomic mass is 9.81. The van der Waals surface area contributed by atoms with E-state index >= 15 is 0 Å². The monoisotopic (exact) mass is 304 g/mol. The van der Waals surface area contributed by atoms with Crippen molar-refractivity contribution in [2.75, 3.05) is 19.6 Å². The molecule has 0 atom stereocenters. The molecule has 1 heterocycles. The van der Waals surface area contributed by atoms with Crippen LogP contribution in [0.1, 0.15) is 30.1 Å². The standard InChI is InChI=1S/C14H18F2N2O.ClH/c1-14(4-6-17-7-5-14)9-18-13(19)11-8-10(15)2-3-12(11)16;/h2-3,8,17H,4-7,9H2,1H3,(H,18,19);1H. The Bertz CT molecular complexity index is 476. The molecule has 0 bridgehead atoms. The fraction of sp³-hybridized carbons (Fsp3) is 0.500. The fourth-order valence-electron chi connectivity index (χ4n) is 2.27. The van der Waals surface area contributed by atoms with Crippen LogP contribution in [0.3, 0.4) is 0 Å². The molecular formula is C14H19ClF2N2O. The van der Waals surface area contributed by atoms with Crippen molar-refractivity contribution >= 4 is 18.3 Å². The van der Waals surface area contributed by atoms with Crippen LogP contribution in [0.2, 0.25) is 0 Å². The molecule has 1 fully saturated rings. The summed E-state index contributed by atoms with van der Waals surface area (Å²) in [4.78, 5) is 11.9. The molecule has 112 valence electrons. The van der Waals surface area contributed by atoms with Gasteiger partial charge in [0.15, 0.2) is 0 Å². The predicted octanol–water partition coefficient (Wildman–Crippen LogP) is 2.51. The lowest BCUT2D eigenvalue weighted by molar-refractivity contribution is 0.0917. The lowest BCUT2D eigenvalue weighted by Crippen LogP contribution is -2.43. The molecule has 1 aromatic rings. The van der Waals surface area contributed by atoms with Gasteiger partial charge in [0.05, 0.1) is 5.56 Å². The summed E-state index contributed by atoms with van der Waals surface area (Å²) in [5, 5.41) is 5.96. The number of carbonyl (C=O) groups is 1. The number of carbonyl (C=O) groups excluding carboxylic acids is 1. The van der Waals surface area contributed by atoms with Gasteiger partial charge in [-0.25, -0.2) is 8.78 Å². The van der Waals surface area contributed by atoms with Crippen LogP contribution in [0, 0.1) is 17.0 Å². The topological polar surface area (TPSA) is 41.1 Å². The van der Waals surface area contributed by atoms with Crippen molar-refractivity contribution in [1.29, 1.82) is 0 Å². The van der Waals surface area contributed by atoms with Gasteiger partial charge >= 0.3 is 0 Å². The number of halogens is 3. The molecule has 1 aromatic carbocycles. The summed E-state index contributed by atoms with van der Waals surface area (Å²) in [5.41, 5.74) is -0.220. The maximum atomic E-state index is 13.4. The smallest absolute Gasteiger partial charge is 0.254 e. The summed E-state index contributed by atoms with van der Waals surface area (Å²) in [6, 6.07) is 2.89. The first-order valence-corrected chi connectivity index (χ1v) is 6.44. The molecule has 2 N–H and O–H groups in total. The molecule has 0 saturated carbocycles. The van der Waals surface area contributed by atoms with Gasteiger partial charge < -0.3 is 10.6 Å². The number of nitrogens with one attached hydrogen (secondary N) is 2. The molecule has 0 unspecified atom stereocenters. The number of hydrogen-bond donors (Lipinski definition) is 2. The van der Waals surface area contributed by atoms with Gasteiger partial charge in [-0.1, -0.05) is 6.92 Å². The number of rotatable bonds is 3. The number of benzene rings is 1. The first-order valence-electron chi connectivity index (χ1n) is 6.44. The Morgan fingerprint density at radius 1 is 1.35 bits per heavy atom. The fourth-order valence-corrected chi connectivity index (χ4v) is 2.27. The van der Waals surface area contributed by atoms with E-state index in [9.17, 15) is 13.6 Å². The zero-order valence-corrected chi connectivity index (χ0v) is 12.2. The Morgan fingerprint density at radius 3 is 2.65 bits per heavy atom. The van der Waals surface area contributed by atoms with Crippen LogP contribution in [0.5, 0.6) is 0 Å². The van der Waals surface area contributed by atoms with Gasteiger partial charge in [-0.05, 0) is 49.5 Å². The van der Waals surface area contributed by atoms with Crippen LogP contribution in [-0.2, 0) is 0 Å². The maximum Gasteiger partial charge on any atom is 0.254 e. The highest BCUT2D eigenvalue weighted by atomic mass is 35.5. The molecule has 1 aliphatic heterocycles. The van der Waals surface area contributed by atoms with E-state index in [0.717, 1.165) is 44.1 Å². The minimum absolute atomic E-state index is 0. The first kappa shape index (κ1) is 16.9. The van der Waals surface area contributed by atoms with E-state index < -0.39 is 17.5 Å². The maximum absolute atomic E-state index is 13.4. The minimum atomic E-state index is -0.700. The third-order valence-corrected chi connectivity index (χ3v) is 3.66. The summed E-state index contributed by atoms with van der Waals surface area (Å²) in [5.74, 6) is -1.87. The average molecular weight is 305 g/mol. The molecule has 2 rings (SSSR count). The highest BCUT2D eigenvalue weighted by molar-refractivity contribution is 5.94. The molecule has 0 spiro atoms. The largest absolute Gasteiger partial charge is 0.351 e. The van der Waals surface area contributed by atoms with E-state index in [4.69, 9.17) is 0 Å². The lowest BCUT2D eigenvalue weighted by Gasteiger charge is -2.34. The van der Waals surface area contributed by atoms with Crippen LogP contribution in [-0.4, -0.2) is 25.5 Å². The summed E-state index contributed by atoms with van der Waals surface area (Å²) >= 11 is 0. The molecule has 6 heteroatoms. The summed E-state index contributed by atoms with van der Waals surface area (Å²) in [7, 11) is 0. The number of amides is 1. The van der Waals surface area contributed by atoms with Crippen LogP contribution in [0.4, 0.5) is 8.78 Å². The first-order chi connectivity index (χ1) is 9.00. The van der Waals surface area contributed by atoms with Crippen molar-refractivity contribution in [1.82, 2.24) is 10.6 Å². The molecule has 0 aliphatic carbocycles. The van der Waals surface area contributed by atoms with Gasteiger partial charge in [0.2, 0.25) is 0 Å². The van der Waals surface area contributed by atoms with Gasteiger partial charge in [0.25, 0.3) is 5.91 Å². The van der Waals surface area contributed by atoms with E-state index in [2.05, 4.69) is 17.6 Å². The van der Waals surface area contributed by atoms with E-state index in [-0.39, 0.29) is 23.4 Å². The summed E-state index contributed by atoms with van der Waals surface area (Å²) in [6.45, 7) is 4.40. The quantitative estimate of drug-likeness (QED) is 0.901. The van der Waals surface area contributed by atoms with Gasteiger partial charge in [0.1, 0.15) is 11.6 Å². The summed E-state index contributed by atoms with van der Waals surface area (Å²) < 4.78 is 26.5. The van der Waals surface area contributed by atoms with Crippen LogP contribution >= 0.6 is 12.4 Å². The highest BCUT2D eigenvalue weighted by Crippen LogP contribution is 2.26. The Kier molecular flexibility index (Phi) is 5.89. The molecule has 3 nitrogen and oxygen atoms in total. The average Bonchev–Trinajstić information content (AvgIpc) is 2.40. The van der Waals surface area contributed by atoms with E-state index in [0.29, 0.717) is 6.54 Å². The second kappa shape index (κ2) is 6.99. The number of piperidine rings is 1. The van der Waals surface area contributed by atoms with Crippen LogP contribution < -0.4 is 10.6 Å². The van der Waals surface area contributed by atoms with Crippen molar-refractivity contribution in [3.63, 3.8) is 0 Å². The molecule has 1 saturated heterocycles. The Labute approximate surface area is 123 Å². The molecular weight excluding hydrogens is 286 g/mol. The van der Waals surface area contributed by atoms with Gasteiger partial charge in [-0.15, -0.1) is 12.4 Å². The normalized spacial score (nSPS) is 17.1. The van der Waals surface area contributed by atoms with Crippen molar-refractivity contribution in [2.45, 2.75) is 19.8 Å². The van der Waals surface area contributed by atoms with Gasteiger partial charge in [-0.3, -0.25) is 4.79 Å². The van der Waals surface area contributed by atoms with E-state index in [1.807, 2.05) is 0 Å². The van der Waals surface area contributed by atoms with E-state index in [1.54, 1.807) is 0 Å². The Morgan fingerprint density at radius 2 is 2.00 bits per heavy atom. The van der Waals surface area contributed by atoms with Gasteiger partial charge in [-0.2, -0.15) is 0 Å². The molecule has 20 heavy (non-hydrogen) atoms. The molecule has 1 amide bonds. The van der Waals surface area contributed by atoms with Crippen molar-refractivity contribution in [3.05, 3.63) is 35.4 Å². The zero-order chi connectivity index (χ0) is 13.9. The minimum Gasteiger partial charge on any atom is -0.351 e. The van der Waals surface area contributed by atoms with Crippen molar-refractivity contribution in [3.8, 4) is 0 Å². The number of hydrogen-bond acceptors (Lipinski definition) is 2. The third kappa shape index (κ3) is 4.15. The zero-order valence-electron chi connectivity index (χ0n) is 11.3. The Hall–Kier alpha value is -1.20. The highest BCUT2D eigenvalue weighted by Gasteiger charge is 2.27. The van der Waals surface area contributed by atoms with Crippen molar-refractivity contribution in [2.24, 2.45) is 5.41 Å². The predicted molar refractivity (Wildman–Crippen MR) is 76.1 cm³/mol. The van der Waals surface area contributed by atoms with Gasteiger partial charge in [0, 0.05) is 6.54 Å². The van der Waals surface area contributed by atoms with Crippen molar-refractivity contribution < 1.29 is 13.6 Å². The molecule has 0 radical (unpaired) electrons. The molecule has 0 aromatic heterocycles. The van der Waals surface area contributed by atoms with Crippen LogP contribution in [0.15, 0.2) is 18.2 Å². The molecule has 1 aliphatic rings. The van der Waals surface area contributed by atoms with E-state index in [1.165, 1.54) is 0 Å². The van der Waals surface area contributed by atoms with Crippen LogP contribution in [0.25, 0.3) is 0 Å². The Balaban J connectivity index is 0.00000200. The summed E-state index contributed by atoms with van der Waals surface area (Å²) in [6.07, 6.45) is 1.91. The third-order valence-electron chi connectivity index (χ3n) is 3.66.